The fourth-order valence-corrected chi connectivity index (χ4v) is 2.73. The van der Waals surface area contributed by atoms with E-state index >= 15 is 0 Å². The highest BCUT2D eigenvalue weighted by atomic mass is 16.6. The van der Waals surface area contributed by atoms with Crippen LogP contribution in [0, 0.1) is 0 Å². The zero-order valence-electron chi connectivity index (χ0n) is 15.7. The highest BCUT2D eigenvalue weighted by Gasteiger charge is 2.18. The zero-order chi connectivity index (χ0) is 20.9. The van der Waals surface area contributed by atoms with Gasteiger partial charge in [-0.3, -0.25) is 0 Å². The van der Waals surface area contributed by atoms with Crippen molar-refractivity contribution in [2.45, 2.75) is 0 Å². The maximum atomic E-state index is 10.1. The summed E-state index contributed by atoms with van der Waals surface area (Å²) in [6, 6.07) is 24.5. The first-order valence-corrected chi connectivity index (χ1v) is 9.12. The van der Waals surface area contributed by atoms with E-state index in [2.05, 4.69) is 0 Å². The molecular weight excluding hydrogens is 384 g/mol. The summed E-state index contributed by atoms with van der Waals surface area (Å²) in [4.78, 5) is 0. The van der Waals surface area contributed by atoms with Crippen LogP contribution in [0.3, 0.4) is 0 Å². The molecule has 0 unspecified atom stereocenters. The van der Waals surface area contributed by atoms with Crippen molar-refractivity contribution in [3.05, 3.63) is 91.0 Å². The van der Waals surface area contributed by atoms with Crippen LogP contribution in [0.2, 0.25) is 0 Å². The molecule has 0 aromatic heterocycles. The number of ether oxygens (including phenoxy) is 3. The quantitative estimate of drug-likeness (QED) is 0.357. The highest BCUT2D eigenvalue weighted by Crippen LogP contribution is 2.47. The van der Waals surface area contributed by atoms with Crippen molar-refractivity contribution < 1.29 is 29.5 Å². The van der Waals surface area contributed by atoms with E-state index in [9.17, 15) is 15.3 Å². The topological polar surface area (TPSA) is 88.4 Å². The molecule has 0 fully saturated rings. The zero-order valence-corrected chi connectivity index (χ0v) is 15.7. The molecule has 4 rings (SSSR count). The number of para-hydroxylation sites is 7. The van der Waals surface area contributed by atoms with Crippen LogP contribution in [0.4, 0.5) is 0 Å². The molecule has 6 nitrogen and oxygen atoms in total. The van der Waals surface area contributed by atoms with Crippen LogP contribution in [0.15, 0.2) is 91.0 Å². The normalized spacial score (nSPS) is 10.4. The average molecular weight is 402 g/mol. The van der Waals surface area contributed by atoms with E-state index in [1.807, 2.05) is 0 Å². The third kappa shape index (κ3) is 4.07. The largest absolute Gasteiger partial charge is 0.504 e. The van der Waals surface area contributed by atoms with Crippen LogP contribution >= 0.6 is 0 Å². The van der Waals surface area contributed by atoms with Gasteiger partial charge in [0.2, 0.25) is 5.75 Å². The summed E-state index contributed by atoms with van der Waals surface area (Å²) < 4.78 is 17.7. The summed E-state index contributed by atoms with van der Waals surface area (Å²) in [5.41, 5.74) is 0. The Morgan fingerprint density at radius 1 is 0.367 bits per heavy atom. The van der Waals surface area contributed by atoms with E-state index in [1.165, 1.54) is 18.2 Å². The fourth-order valence-electron chi connectivity index (χ4n) is 2.73. The molecular formula is C24H18O6. The maximum Gasteiger partial charge on any atom is 0.212 e. The molecule has 0 bridgehead atoms. The van der Waals surface area contributed by atoms with Crippen molar-refractivity contribution in [3.63, 3.8) is 0 Å². The first-order valence-electron chi connectivity index (χ1n) is 9.12. The van der Waals surface area contributed by atoms with Gasteiger partial charge in [0.1, 0.15) is 0 Å². The number of aromatic hydroxyl groups is 3. The van der Waals surface area contributed by atoms with Crippen molar-refractivity contribution in [3.8, 4) is 51.7 Å². The molecule has 4 aromatic carbocycles. The monoisotopic (exact) mass is 402 g/mol. The minimum Gasteiger partial charge on any atom is -0.504 e. The summed E-state index contributed by atoms with van der Waals surface area (Å²) in [7, 11) is 0. The number of phenols is 3. The Labute approximate surface area is 172 Å². The predicted octanol–water partition coefficient (Wildman–Crippen LogP) is 6.18. The van der Waals surface area contributed by atoms with E-state index in [4.69, 9.17) is 14.2 Å². The van der Waals surface area contributed by atoms with Gasteiger partial charge in [0.25, 0.3) is 0 Å². The lowest BCUT2D eigenvalue weighted by molar-refractivity contribution is 0.354. The summed E-state index contributed by atoms with van der Waals surface area (Å²) >= 11 is 0. The van der Waals surface area contributed by atoms with Gasteiger partial charge < -0.3 is 29.5 Å². The van der Waals surface area contributed by atoms with Crippen molar-refractivity contribution in [2.75, 3.05) is 0 Å². The molecule has 30 heavy (non-hydrogen) atoms. The molecule has 0 amide bonds. The van der Waals surface area contributed by atoms with Crippen molar-refractivity contribution in [1.82, 2.24) is 0 Å². The first kappa shape index (κ1) is 19.0. The molecule has 0 aliphatic rings. The summed E-state index contributed by atoms with van der Waals surface area (Å²) in [5.74, 6) is 1.12. The SMILES string of the molecule is Oc1ccccc1Oc1cccc(Oc2ccccc2O)c1Oc1ccccc1O. The van der Waals surface area contributed by atoms with Crippen molar-refractivity contribution >= 4 is 0 Å². The third-order valence-corrected chi connectivity index (χ3v) is 4.19. The second kappa shape index (κ2) is 8.36. The summed E-state index contributed by atoms with van der Waals surface area (Å²) in [5, 5.41) is 30.3. The van der Waals surface area contributed by atoms with Gasteiger partial charge in [-0.2, -0.15) is 0 Å². The smallest absolute Gasteiger partial charge is 0.212 e. The summed E-state index contributed by atoms with van der Waals surface area (Å²) in [6.07, 6.45) is 0. The Bertz CT molecular complexity index is 1110. The lowest BCUT2D eigenvalue weighted by Crippen LogP contribution is -1.95. The molecule has 0 aliphatic carbocycles. The molecule has 0 saturated heterocycles. The molecule has 150 valence electrons. The predicted molar refractivity (Wildman–Crippen MR) is 111 cm³/mol. The Kier molecular flexibility index (Phi) is 5.30. The van der Waals surface area contributed by atoms with E-state index in [0.717, 1.165) is 0 Å². The fraction of sp³-hybridized carbons (Fsp3) is 0. The molecule has 6 heteroatoms. The van der Waals surface area contributed by atoms with E-state index in [1.54, 1.807) is 72.8 Å². The first-order chi connectivity index (χ1) is 14.6. The number of hydrogen-bond donors (Lipinski definition) is 3. The Balaban J connectivity index is 1.78. The van der Waals surface area contributed by atoms with Gasteiger partial charge in [0.05, 0.1) is 0 Å². The molecule has 0 aliphatic heterocycles. The van der Waals surface area contributed by atoms with E-state index in [-0.39, 0.29) is 51.7 Å². The van der Waals surface area contributed by atoms with E-state index < -0.39 is 0 Å². The van der Waals surface area contributed by atoms with Crippen LogP contribution in [0.5, 0.6) is 51.7 Å². The van der Waals surface area contributed by atoms with Gasteiger partial charge in [-0.05, 0) is 48.5 Å². The molecule has 4 aromatic rings. The minimum atomic E-state index is -0.0663. The van der Waals surface area contributed by atoms with E-state index in [0.29, 0.717) is 0 Å². The van der Waals surface area contributed by atoms with Gasteiger partial charge in [-0.25, -0.2) is 0 Å². The van der Waals surface area contributed by atoms with Gasteiger partial charge in [-0.1, -0.05) is 42.5 Å². The molecule has 0 spiro atoms. The van der Waals surface area contributed by atoms with Gasteiger partial charge in [-0.15, -0.1) is 0 Å². The molecule has 0 atom stereocenters. The third-order valence-electron chi connectivity index (χ3n) is 4.19. The Hall–Kier alpha value is -4.32. The van der Waals surface area contributed by atoms with Crippen LogP contribution in [0.25, 0.3) is 0 Å². The second-order valence-electron chi connectivity index (χ2n) is 6.29. The van der Waals surface area contributed by atoms with Gasteiger partial charge in [0.15, 0.2) is 46.0 Å². The van der Waals surface area contributed by atoms with Gasteiger partial charge >= 0.3 is 0 Å². The minimum absolute atomic E-state index is 0.0435. The number of phenolic OH excluding ortho intramolecular Hbond substituents is 3. The standard InChI is InChI=1S/C24H18O6/c25-16-8-1-4-11-19(16)28-22-14-7-15-23(29-20-12-5-2-9-17(20)26)24(22)30-21-13-6-3-10-18(21)27/h1-15,25-27H. The lowest BCUT2D eigenvalue weighted by Gasteiger charge is -2.17. The molecule has 0 heterocycles. The van der Waals surface area contributed by atoms with Crippen LogP contribution in [-0.4, -0.2) is 15.3 Å². The number of benzene rings is 4. The van der Waals surface area contributed by atoms with Crippen LogP contribution < -0.4 is 14.2 Å². The Morgan fingerprint density at radius 2 is 0.700 bits per heavy atom. The van der Waals surface area contributed by atoms with Crippen molar-refractivity contribution in [1.29, 1.82) is 0 Å². The van der Waals surface area contributed by atoms with Crippen LogP contribution in [0.1, 0.15) is 0 Å². The molecule has 0 saturated carbocycles. The van der Waals surface area contributed by atoms with Gasteiger partial charge in [0, 0.05) is 0 Å². The van der Waals surface area contributed by atoms with Crippen LogP contribution in [-0.2, 0) is 0 Å². The maximum absolute atomic E-state index is 10.1. The molecule has 0 radical (unpaired) electrons. The van der Waals surface area contributed by atoms with Crippen molar-refractivity contribution in [2.24, 2.45) is 0 Å². The summed E-state index contributed by atoms with van der Waals surface area (Å²) in [6.45, 7) is 0. The Morgan fingerprint density at radius 3 is 1.10 bits per heavy atom. The number of hydrogen-bond acceptors (Lipinski definition) is 6. The second-order valence-corrected chi connectivity index (χ2v) is 6.29. The molecule has 3 N–H and O–H groups in total. The average Bonchev–Trinajstić information content (AvgIpc) is 2.75. The highest BCUT2D eigenvalue weighted by molar-refractivity contribution is 5.58. The lowest BCUT2D eigenvalue weighted by atomic mass is 10.2. The number of rotatable bonds is 6.